The quantitative estimate of drug-likeness (QED) is 0.847. The van der Waals surface area contributed by atoms with Gasteiger partial charge in [0, 0.05) is 43.6 Å². The highest BCUT2D eigenvalue weighted by Crippen LogP contribution is 2.24. The van der Waals surface area contributed by atoms with Crippen molar-refractivity contribution in [2.45, 2.75) is 0 Å². The summed E-state index contributed by atoms with van der Waals surface area (Å²) in [6.45, 7) is 2.22. The highest BCUT2D eigenvalue weighted by molar-refractivity contribution is 6.31. The minimum Gasteiger partial charge on any atom is -0.396 e. The van der Waals surface area contributed by atoms with Gasteiger partial charge >= 0.3 is 0 Å². The first kappa shape index (κ1) is 15.5. The molecule has 0 atom stereocenters. The monoisotopic (exact) mass is 335 g/mol. The van der Waals surface area contributed by atoms with Crippen molar-refractivity contribution < 1.29 is 9.18 Å². The van der Waals surface area contributed by atoms with Crippen LogP contribution in [0.1, 0.15) is 10.4 Å². The number of halogens is 2. The minimum atomic E-state index is -0.681. The maximum absolute atomic E-state index is 13.6. The minimum absolute atomic E-state index is 0.1000. The predicted molar refractivity (Wildman–Crippen MR) is 86.0 cm³/mol. The third kappa shape index (κ3) is 3.19. The highest BCUT2D eigenvalue weighted by atomic mass is 35.5. The molecule has 2 N–H and O–H groups in total. The molecule has 2 aromatic rings. The van der Waals surface area contributed by atoms with Crippen LogP contribution in [0, 0.1) is 5.82 Å². The van der Waals surface area contributed by atoms with Crippen LogP contribution in [-0.4, -0.2) is 47.0 Å². The maximum Gasteiger partial charge on any atom is 0.256 e. The summed E-state index contributed by atoms with van der Waals surface area (Å²) < 4.78 is 13.6. The van der Waals surface area contributed by atoms with Crippen molar-refractivity contribution in [3.05, 3.63) is 47.1 Å². The van der Waals surface area contributed by atoms with Gasteiger partial charge in [0.1, 0.15) is 11.6 Å². The van der Waals surface area contributed by atoms with Gasteiger partial charge < -0.3 is 15.5 Å². The summed E-state index contributed by atoms with van der Waals surface area (Å²) in [5.41, 5.74) is 5.60. The van der Waals surface area contributed by atoms with E-state index >= 15 is 0 Å². The second kappa shape index (κ2) is 6.37. The number of anilines is 2. The number of hydrogen-bond acceptors (Lipinski definition) is 5. The summed E-state index contributed by atoms with van der Waals surface area (Å²) in [6.07, 6.45) is 4.92. The summed E-state index contributed by atoms with van der Waals surface area (Å²) in [7, 11) is 0. The van der Waals surface area contributed by atoms with Gasteiger partial charge in [-0.05, 0) is 12.1 Å². The summed E-state index contributed by atoms with van der Waals surface area (Å²) in [5.74, 6) is -0.227. The molecule has 0 radical (unpaired) electrons. The predicted octanol–water partition coefficient (Wildman–Crippen LogP) is 1.81. The summed E-state index contributed by atoms with van der Waals surface area (Å²) in [4.78, 5) is 24.5. The molecule has 1 amide bonds. The van der Waals surface area contributed by atoms with Crippen LogP contribution in [0.15, 0.2) is 30.7 Å². The van der Waals surface area contributed by atoms with Crippen molar-refractivity contribution in [2.24, 2.45) is 0 Å². The molecular weight excluding hydrogens is 321 g/mol. The molecule has 1 saturated heterocycles. The number of benzene rings is 1. The standard InChI is InChI=1S/C15H15ClFN5O/c16-10-7-11(14(18)12(17)8-10)15(23)22-5-3-21(4-6-22)13-9-19-1-2-20-13/h1-2,7-9H,3-6,18H2. The molecule has 1 aliphatic heterocycles. The van der Waals surface area contributed by atoms with Gasteiger partial charge in [-0.2, -0.15) is 0 Å². The van der Waals surface area contributed by atoms with E-state index in [1.54, 1.807) is 23.5 Å². The normalized spacial score (nSPS) is 14.9. The molecule has 23 heavy (non-hydrogen) atoms. The van der Waals surface area contributed by atoms with Crippen LogP contribution < -0.4 is 10.6 Å². The van der Waals surface area contributed by atoms with Crippen molar-refractivity contribution in [3.63, 3.8) is 0 Å². The molecule has 0 unspecified atom stereocenters. The average Bonchev–Trinajstić information content (AvgIpc) is 2.58. The fourth-order valence-corrected chi connectivity index (χ4v) is 2.73. The molecule has 1 aromatic carbocycles. The molecule has 1 fully saturated rings. The summed E-state index contributed by atoms with van der Waals surface area (Å²) >= 11 is 5.82. The molecule has 6 nitrogen and oxygen atoms in total. The number of nitrogens with two attached hydrogens (primary N) is 1. The van der Waals surface area contributed by atoms with E-state index in [1.807, 2.05) is 4.90 Å². The van der Waals surface area contributed by atoms with Crippen LogP contribution >= 0.6 is 11.6 Å². The van der Waals surface area contributed by atoms with Crippen LogP contribution in [0.4, 0.5) is 15.9 Å². The first-order valence-corrected chi connectivity index (χ1v) is 7.49. The Balaban J connectivity index is 1.72. The molecule has 0 bridgehead atoms. The molecule has 120 valence electrons. The van der Waals surface area contributed by atoms with Crippen LogP contribution in [0.3, 0.4) is 0 Å². The van der Waals surface area contributed by atoms with Gasteiger partial charge in [0.15, 0.2) is 0 Å². The Morgan fingerprint density at radius 2 is 1.96 bits per heavy atom. The zero-order chi connectivity index (χ0) is 16.4. The summed E-state index contributed by atoms with van der Waals surface area (Å²) in [6, 6.07) is 2.50. The van der Waals surface area contributed by atoms with Gasteiger partial charge in [0.05, 0.1) is 17.4 Å². The van der Waals surface area contributed by atoms with Crippen LogP contribution in [0.5, 0.6) is 0 Å². The van der Waals surface area contributed by atoms with Gasteiger partial charge in [-0.3, -0.25) is 9.78 Å². The Morgan fingerprint density at radius 1 is 1.22 bits per heavy atom. The van der Waals surface area contributed by atoms with Crippen molar-refractivity contribution in [3.8, 4) is 0 Å². The van der Waals surface area contributed by atoms with E-state index < -0.39 is 5.82 Å². The third-order valence-corrected chi connectivity index (χ3v) is 3.98. The number of rotatable bonds is 2. The number of hydrogen-bond donors (Lipinski definition) is 1. The number of aromatic nitrogens is 2. The van der Waals surface area contributed by atoms with E-state index in [1.165, 1.54) is 6.07 Å². The Labute approximate surface area is 137 Å². The molecule has 0 aliphatic carbocycles. The van der Waals surface area contributed by atoms with Crippen molar-refractivity contribution in [1.29, 1.82) is 0 Å². The zero-order valence-corrected chi connectivity index (χ0v) is 13.0. The van der Waals surface area contributed by atoms with Gasteiger partial charge in [-0.1, -0.05) is 11.6 Å². The number of carbonyl (C=O) groups excluding carboxylic acids is 1. The Kier molecular flexibility index (Phi) is 4.29. The Hall–Kier alpha value is -2.41. The smallest absolute Gasteiger partial charge is 0.256 e. The summed E-state index contributed by atoms with van der Waals surface area (Å²) in [5, 5.41) is 0.151. The van der Waals surface area contributed by atoms with E-state index in [2.05, 4.69) is 9.97 Å². The van der Waals surface area contributed by atoms with Gasteiger partial charge in [0.2, 0.25) is 0 Å². The molecule has 8 heteroatoms. The third-order valence-electron chi connectivity index (χ3n) is 3.77. The molecule has 0 saturated carbocycles. The lowest BCUT2D eigenvalue weighted by atomic mass is 10.1. The van der Waals surface area contributed by atoms with E-state index in [4.69, 9.17) is 17.3 Å². The fourth-order valence-electron chi connectivity index (χ4n) is 2.53. The number of piperazine rings is 1. The first-order chi connectivity index (χ1) is 11.1. The van der Waals surface area contributed by atoms with E-state index in [0.29, 0.717) is 26.2 Å². The number of amides is 1. The number of nitrogens with zero attached hydrogens (tertiary/aromatic N) is 4. The van der Waals surface area contributed by atoms with Crippen LogP contribution in [-0.2, 0) is 0 Å². The first-order valence-electron chi connectivity index (χ1n) is 7.11. The Bertz CT molecular complexity index is 719. The molecule has 3 rings (SSSR count). The van der Waals surface area contributed by atoms with Crippen molar-refractivity contribution >= 4 is 29.0 Å². The Morgan fingerprint density at radius 3 is 2.61 bits per heavy atom. The number of carbonyl (C=O) groups is 1. The lowest BCUT2D eigenvalue weighted by Crippen LogP contribution is -2.49. The molecule has 0 spiro atoms. The molecule has 1 aliphatic rings. The van der Waals surface area contributed by atoms with Crippen LogP contribution in [0.25, 0.3) is 0 Å². The van der Waals surface area contributed by atoms with Gasteiger partial charge in [-0.15, -0.1) is 0 Å². The SMILES string of the molecule is Nc1c(F)cc(Cl)cc1C(=O)N1CCN(c2cnccn2)CC1. The number of nitrogen functional groups attached to an aromatic ring is 1. The topological polar surface area (TPSA) is 75.4 Å². The lowest BCUT2D eigenvalue weighted by molar-refractivity contribution is 0.0747. The van der Waals surface area contributed by atoms with E-state index in [-0.39, 0.29) is 22.2 Å². The second-order valence-corrected chi connectivity index (χ2v) is 5.63. The van der Waals surface area contributed by atoms with Gasteiger partial charge in [0.25, 0.3) is 5.91 Å². The highest BCUT2D eigenvalue weighted by Gasteiger charge is 2.25. The molecule has 2 heterocycles. The molecule has 1 aromatic heterocycles. The average molecular weight is 336 g/mol. The lowest BCUT2D eigenvalue weighted by Gasteiger charge is -2.35. The van der Waals surface area contributed by atoms with Crippen molar-refractivity contribution in [2.75, 3.05) is 36.8 Å². The van der Waals surface area contributed by atoms with Crippen LogP contribution in [0.2, 0.25) is 5.02 Å². The van der Waals surface area contributed by atoms with E-state index in [9.17, 15) is 9.18 Å². The molecular formula is C15H15ClFN5O. The maximum atomic E-state index is 13.6. The largest absolute Gasteiger partial charge is 0.396 e. The zero-order valence-electron chi connectivity index (χ0n) is 12.2. The fraction of sp³-hybridized carbons (Fsp3) is 0.267. The van der Waals surface area contributed by atoms with Crippen molar-refractivity contribution in [1.82, 2.24) is 14.9 Å². The van der Waals surface area contributed by atoms with Gasteiger partial charge in [-0.25, -0.2) is 9.37 Å². The second-order valence-electron chi connectivity index (χ2n) is 5.19. The van der Waals surface area contributed by atoms with E-state index in [0.717, 1.165) is 11.9 Å².